The average molecular weight is 359 g/mol. The van der Waals surface area contributed by atoms with Gasteiger partial charge in [0.15, 0.2) is 0 Å². The highest BCUT2D eigenvalue weighted by atomic mass is 79.9. The molecule has 3 rings (SSSR count). The summed E-state index contributed by atoms with van der Waals surface area (Å²) < 4.78 is 15.9. The van der Waals surface area contributed by atoms with Crippen molar-refractivity contribution in [2.75, 3.05) is 6.54 Å². The molecule has 0 radical (unpaired) electrons. The summed E-state index contributed by atoms with van der Waals surface area (Å²) in [6.07, 6.45) is 7.03. The Morgan fingerprint density at radius 2 is 2.25 bits per heavy atom. The van der Waals surface area contributed by atoms with Gasteiger partial charge in [-0.05, 0) is 47.4 Å². The zero-order chi connectivity index (χ0) is 14.1. The maximum atomic E-state index is 13.4. The third-order valence-corrected chi connectivity index (χ3v) is 4.45. The van der Waals surface area contributed by atoms with E-state index in [9.17, 15) is 4.39 Å². The Hall–Kier alpha value is -0.910. The first-order chi connectivity index (χ1) is 9.66. The van der Waals surface area contributed by atoms with E-state index in [4.69, 9.17) is 11.6 Å². The molecule has 1 saturated heterocycles. The average Bonchev–Trinajstić information content (AvgIpc) is 2.87. The lowest BCUT2D eigenvalue weighted by Gasteiger charge is -2.25. The maximum Gasteiger partial charge on any atom is 0.125 e. The molecule has 1 aromatic heterocycles. The van der Waals surface area contributed by atoms with Crippen LogP contribution in [0.1, 0.15) is 31.0 Å². The molecule has 1 aromatic carbocycles. The normalized spacial score (nSPS) is 19.2. The van der Waals surface area contributed by atoms with Crippen LogP contribution in [0.4, 0.5) is 4.39 Å². The molecule has 1 fully saturated rings. The highest BCUT2D eigenvalue weighted by Crippen LogP contribution is 2.33. The van der Waals surface area contributed by atoms with Gasteiger partial charge in [-0.25, -0.2) is 9.37 Å². The molecular weight excluding hydrogens is 345 g/mol. The van der Waals surface area contributed by atoms with Crippen molar-refractivity contribution in [1.29, 1.82) is 0 Å². The molecule has 1 atom stereocenters. The second kappa shape index (κ2) is 5.84. The smallest absolute Gasteiger partial charge is 0.125 e. The van der Waals surface area contributed by atoms with Crippen molar-refractivity contribution < 1.29 is 4.39 Å². The highest BCUT2D eigenvalue weighted by molar-refractivity contribution is 9.10. The lowest BCUT2D eigenvalue weighted by Crippen LogP contribution is -2.28. The van der Waals surface area contributed by atoms with E-state index in [1.54, 1.807) is 6.33 Å². The summed E-state index contributed by atoms with van der Waals surface area (Å²) in [5.41, 5.74) is 1.78. The molecule has 0 bridgehead atoms. The molecule has 0 spiro atoms. The third-order valence-electron chi connectivity index (χ3n) is 3.56. The number of aromatic nitrogens is 2. The van der Waals surface area contributed by atoms with Gasteiger partial charge in [0.1, 0.15) is 5.82 Å². The van der Waals surface area contributed by atoms with E-state index in [0.29, 0.717) is 9.50 Å². The minimum absolute atomic E-state index is 0.263. The molecule has 3 nitrogen and oxygen atoms in total. The topological polar surface area (TPSA) is 29.9 Å². The van der Waals surface area contributed by atoms with Crippen molar-refractivity contribution in [2.45, 2.75) is 25.3 Å². The Bertz CT molecular complexity index is 600. The molecule has 2 aromatic rings. The number of imidazole rings is 1. The Morgan fingerprint density at radius 3 is 2.95 bits per heavy atom. The zero-order valence-corrected chi connectivity index (χ0v) is 13.1. The van der Waals surface area contributed by atoms with Crippen LogP contribution in [0.15, 0.2) is 29.1 Å². The summed E-state index contributed by atoms with van der Waals surface area (Å²) >= 11 is 9.58. The Labute approximate surface area is 130 Å². The van der Waals surface area contributed by atoms with Crippen LogP contribution in [0.5, 0.6) is 0 Å². The first-order valence-electron chi connectivity index (χ1n) is 6.57. The SMILES string of the molecule is Fc1cc(Cl)c(-n2cncc2C2CCCCN2)c(Br)c1. The van der Waals surface area contributed by atoms with Crippen LogP contribution in [0.25, 0.3) is 5.69 Å². The van der Waals surface area contributed by atoms with Crippen LogP contribution >= 0.6 is 27.5 Å². The number of rotatable bonds is 2. The van der Waals surface area contributed by atoms with Crippen LogP contribution in [0.2, 0.25) is 5.02 Å². The Kier molecular flexibility index (Phi) is 4.10. The maximum absolute atomic E-state index is 13.4. The fraction of sp³-hybridized carbons (Fsp3) is 0.357. The van der Waals surface area contributed by atoms with Crippen molar-refractivity contribution in [3.63, 3.8) is 0 Å². The van der Waals surface area contributed by atoms with Crippen LogP contribution in [0.3, 0.4) is 0 Å². The molecule has 1 N–H and O–H groups in total. The van der Waals surface area contributed by atoms with Crippen molar-refractivity contribution in [3.05, 3.63) is 45.7 Å². The predicted molar refractivity (Wildman–Crippen MR) is 80.8 cm³/mol. The van der Waals surface area contributed by atoms with Crippen molar-refractivity contribution in [3.8, 4) is 5.69 Å². The van der Waals surface area contributed by atoms with E-state index in [1.165, 1.54) is 25.0 Å². The number of nitrogens with zero attached hydrogens (tertiary/aromatic N) is 2. The van der Waals surface area contributed by atoms with Crippen molar-refractivity contribution in [2.24, 2.45) is 0 Å². The van der Waals surface area contributed by atoms with Gasteiger partial charge in [0.25, 0.3) is 0 Å². The van der Waals surface area contributed by atoms with Crippen LogP contribution in [0, 0.1) is 5.82 Å². The van der Waals surface area contributed by atoms with Gasteiger partial charge in [-0.2, -0.15) is 0 Å². The fourth-order valence-electron chi connectivity index (χ4n) is 2.62. The number of halogens is 3. The van der Waals surface area contributed by atoms with Crippen LogP contribution in [-0.4, -0.2) is 16.1 Å². The zero-order valence-electron chi connectivity index (χ0n) is 10.7. The standard InChI is InChI=1S/C14H14BrClFN3/c15-10-5-9(17)6-11(16)14(10)20-8-18-7-13(20)12-3-1-2-4-19-12/h5-8,12,19H,1-4H2. The molecule has 106 valence electrons. The van der Waals surface area contributed by atoms with E-state index in [1.807, 2.05) is 10.8 Å². The van der Waals surface area contributed by atoms with Gasteiger partial charge >= 0.3 is 0 Å². The summed E-state index contributed by atoms with van der Waals surface area (Å²) in [6, 6.07) is 3.00. The van der Waals surface area contributed by atoms with E-state index >= 15 is 0 Å². The van der Waals surface area contributed by atoms with Gasteiger partial charge in [0.05, 0.1) is 28.9 Å². The third kappa shape index (κ3) is 2.62. The van der Waals surface area contributed by atoms with Gasteiger partial charge in [-0.15, -0.1) is 0 Å². The lowest BCUT2D eigenvalue weighted by molar-refractivity contribution is 0.402. The molecule has 1 unspecified atom stereocenters. The lowest BCUT2D eigenvalue weighted by atomic mass is 10.0. The quantitative estimate of drug-likeness (QED) is 0.870. The number of benzene rings is 1. The molecule has 2 heterocycles. The second-order valence-corrected chi connectivity index (χ2v) is 6.17. The molecule has 20 heavy (non-hydrogen) atoms. The van der Waals surface area contributed by atoms with Gasteiger partial charge in [0.2, 0.25) is 0 Å². The second-order valence-electron chi connectivity index (χ2n) is 4.91. The van der Waals surface area contributed by atoms with E-state index in [-0.39, 0.29) is 11.9 Å². The number of hydrogen-bond donors (Lipinski definition) is 1. The molecule has 6 heteroatoms. The summed E-state index contributed by atoms with van der Waals surface area (Å²) in [6.45, 7) is 1.01. The van der Waals surface area contributed by atoms with Gasteiger partial charge in [-0.3, -0.25) is 4.57 Å². The fourth-order valence-corrected chi connectivity index (χ4v) is 3.65. The van der Waals surface area contributed by atoms with Gasteiger partial charge < -0.3 is 5.32 Å². The molecule has 1 aliphatic heterocycles. The van der Waals surface area contributed by atoms with Crippen molar-refractivity contribution >= 4 is 27.5 Å². The number of hydrogen-bond acceptors (Lipinski definition) is 2. The highest BCUT2D eigenvalue weighted by Gasteiger charge is 2.21. The summed E-state index contributed by atoms with van der Waals surface area (Å²) in [5.74, 6) is -0.358. The first-order valence-corrected chi connectivity index (χ1v) is 7.74. The van der Waals surface area contributed by atoms with E-state index in [2.05, 4.69) is 26.2 Å². The van der Waals surface area contributed by atoms with Gasteiger partial charge in [-0.1, -0.05) is 18.0 Å². The van der Waals surface area contributed by atoms with Crippen LogP contribution in [-0.2, 0) is 0 Å². The summed E-state index contributed by atoms with van der Waals surface area (Å²) in [4.78, 5) is 4.23. The first kappa shape index (κ1) is 14.0. The molecule has 0 amide bonds. The minimum Gasteiger partial charge on any atom is -0.309 e. The van der Waals surface area contributed by atoms with Gasteiger partial charge in [0, 0.05) is 10.5 Å². The molecule has 1 aliphatic rings. The molecular formula is C14H14BrClFN3. The Morgan fingerprint density at radius 1 is 1.40 bits per heavy atom. The molecule has 0 saturated carbocycles. The monoisotopic (exact) mass is 357 g/mol. The minimum atomic E-state index is -0.358. The van der Waals surface area contributed by atoms with E-state index < -0.39 is 0 Å². The number of nitrogens with one attached hydrogen (secondary N) is 1. The summed E-state index contributed by atoms with van der Waals surface area (Å²) in [5, 5.41) is 3.86. The number of piperidine rings is 1. The van der Waals surface area contributed by atoms with E-state index in [0.717, 1.165) is 24.3 Å². The molecule has 0 aliphatic carbocycles. The predicted octanol–water partition coefficient (Wildman–Crippen LogP) is 4.24. The largest absolute Gasteiger partial charge is 0.309 e. The van der Waals surface area contributed by atoms with Crippen LogP contribution < -0.4 is 5.32 Å². The van der Waals surface area contributed by atoms with Crippen molar-refractivity contribution in [1.82, 2.24) is 14.9 Å². The summed E-state index contributed by atoms with van der Waals surface area (Å²) in [7, 11) is 0. The Balaban J connectivity index is 2.05.